The van der Waals surface area contributed by atoms with E-state index >= 15 is 0 Å². The molecule has 1 N–H and O–H groups in total. The van der Waals surface area contributed by atoms with Crippen LogP contribution in [0.2, 0.25) is 0 Å². The van der Waals surface area contributed by atoms with Crippen LogP contribution < -0.4 is 9.62 Å². The molecule has 1 aliphatic carbocycles. The normalized spacial score (nSPS) is 16.9. The van der Waals surface area contributed by atoms with Gasteiger partial charge in [0.15, 0.2) is 0 Å². The fraction of sp³-hybridized carbons (Fsp3) is 0.611. The van der Waals surface area contributed by atoms with Crippen LogP contribution >= 0.6 is 0 Å². The van der Waals surface area contributed by atoms with Crippen LogP contribution in [-0.4, -0.2) is 33.2 Å². The van der Waals surface area contributed by atoms with Crippen molar-refractivity contribution in [1.82, 2.24) is 5.32 Å². The molecule has 1 amide bonds. The van der Waals surface area contributed by atoms with Crippen LogP contribution in [0.3, 0.4) is 0 Å². The lowest BCUT2D eigenvalue weighted by molar-refractivity contribution is -0.120. The molecule has 1 saturated carbocycles. The maximum atomic E-state index is 12.4. The number of rotatable bonds is 5. The molecule has 2 rings (SSSR count). The molecule has 6 heteroatoms. The molecule has 0 aromatic heterocycles. The molecule has 1 aromatic rings. The van der Waals surface area contributed by atoms with Gasteiger partial charge in [0, 0.05) is 6.04 Å². The molecule has 0 bridgehead atoms. The molecule has 24 heavy (non-hydrogen) atoms. The third-order valence-corrected chi connectivity index (χ3v) is 5.59. The van der Waals surface area contributed by atoms with Gasteiger partial charge in [-0.3, -0.25) is 9.10 Å². The number of aryl methyl sites for hydroxylation is 1. The number of hydrogen-bond acceptors (Lipinski definition) is 3. The zero-order chi connectivity index (χ0) is 17.6. The van der Waals surface area contributed by atoms with Crippen LogP contribution in [-0.2, 0) is 14.8 Å². The van der Waals surface area contributed by atoms with E-state index < -0.39 is 10.0 Å². The van der Waals surface area contributed by atoms with Crippen molar-refractivity contribution in [3.63, 3.8) is 0 Å². The summed E-state index contributed by atoms with van der Waals surface area (Å²) in [6, 6.07) is 7.37. The first-order valence-corrected chi connectivity index (χ1v) is 10.5. The monoisotopic (exact) mass is 352 g/mol. The van der Waals surface area contributed by atoms with Gasteiger partial charge in [0.1, 0.15) is 6.54 Å². The number of sulfonamides is 1. The Balaban J connectivity index is 2.04. The number of benzene rings is 1. The quantitative estimate of drug-likeness (QED) is 0.886. The minimum Gasteiger partial charge on any atom is -0.352 e. The number of carbonyl (C=O) groups excluding carboxylic acids is 1. The van der Waals surface area contributed by atoms with Gasteiger partial charge >= 0.3 is 0 Å². The van der Waals surface area contributed by atoms with E-state index in [0.717, 1.165) is 37.5 Å². The molecule has 0 saturated heterocycles. The zero-order valence-corrected chi connectivity index (χ0v) is 15.4. The maximum Gasteiger partial charge on any atom is 0.240 e. The van der Waals surface area contributed by atoms with Crippen LogP contribution in [0.15, 0.2) is 24.3 Å². The van der Waals surface area contributed by atoms with E-state index in [0.29, 0.717) is 5.69 Å². The molecule has 5 nitrogen and oxygen atoms in total. The number of amides is 1. The standard InChI is InChI=1S/C18H28N2O3S/c1-15-9-8-12-17(13-15)20(24(2,22)23)14-18(21)19-16-10-6-4-3-5-7-11-16/h8-9,12-13,16H,3-7,10-11,14H2,1-2H3,(H,19,21). The molecule has 1 aliphatic rings. The molecular formula is C18H28N2O3S. The summed E-state index contributed by atoms with van der Waals surface area (Å²) in [4.78, 5) is 12.4. The van der Waals surface area contributed by atoms with Gasteiger partial charge in [-0.1, -0.05) is 44.2 Å². The predicted octanol–water partition coefficient (Wildman–Crippen LogP) is 2.99. The second-order valence-electron chi connectivity index (χ2n) is 6.72. The highest BCUT2D eigenvalue weighted by Crippen LogP contribution is 2.20. The summed E-state index contributed by atoms with van der Waals surface area (Å²) in [6.45, 7) is 1.73. The van der Waals surface area contributed by atoms with Gasteiger partial charge in [-0.05, 0) is 37.5 Å². The van der Waals surface area contributed by atoms with Crippen LogP contribution in [0.5, 0.6) is 0 Å². The number of nitrogens with one attached hydrogen (secondary N) is 1. The minimum atomic E-state index is -3.51. The van der Waals surface area contributed by atoms with Gasteiger partial charge < -0.3 is 5.32 Å². The van der Waals surface area contributed by atoms with E-state index in [1.807, 2.05) is 13.0 Å². The van der Waals surface area contributed by atoms with E-state index in [1.165, 1.54) is 23.6 Å². The summed E-state index contributed by atoms with van der Waals surface area (Å²) in [5.41, 5.74) is 1.49. The van der Waals surface area contributed by atoms with Gasteiger partial charge in [-0.25, -0.2) is 8.42 Å². The van der Waals surface area contributed by atoms with Crippen molar-refractivity contribution < 1.29 is 13.2 Å². The number of anilines is 1. The third kappa shape index (κ3) is 5.82. The SMILES string of the molecule is Cc1cccc(N(CC(=O)NC2CCCCCCC2)S(C)(=O)=O)c1. The lowest BCUT2D eigenvalue weighted by atomic mass is 9.97. The second kappa shape index (κ2) is 8.51. The highest BCUT2D eigenvalue weighted by atomic mass is 32.2. The third-order valence-electron chi connectivity index (χ3n) is 4.45. The number of nitrogens with zero attached hydrogens (tertiary/aromatic N) is 1. The van der Waals surface area contributed by atoms with Crippen LogP contribution in [0.4, 0.5) is 5.69 Å². The van der Waals surface area contributed by atoms with Gasteiger partial charge in [0.05, 0.1) is 11.9 Å². The van der Waals surface area contributed by atoms with E-state index in [-0.39, 0.29) is 18.5 Å². The summed E-state index contributed by atoms with van der Waals surface area (Å²) in [5.74, 6) is -0.229. The van der Waals surface area contributed by atoms with Crippen molar-refractivity contribution in [2.75, 3.05) is 17.1 Å². The summed E-state index contributed by atoms with van der Waals surface area (Å²) in [5, 5.41) is 3.03. The Morgan fingerprint density at radius 3 is 2.38 bits per heavy atom. The largest absolute Gasteiger partial charge is 0.352 e. The van der Waals surface area contributed by atoms with Gasteiger partial charge in [0.2, 0.25) is 15.9 Å². The fourth-order valence-electron chi connectivity index (χ4n) is 3.19. The molecule has 1 aromatic carbocycles. The number of hydrogen-bond donors (Lipinski definition) is 1. The van der Waals surface area contributed by atoms with Crippen molar-refractivity contribution >= 4 is 21.6 Å². The summed E-state index contributed by atoms with van der Waals surface area (Å²) in [6.07, 6.45) is 9.05. The second-order valence-corrected chi connectivity index (χ2v) is 8.63. The van der Waals surface area contributed by atoms with Crippen molar-refractivity contribution in [1.29, 1.82) is 0 Å². The van der Waals surface area contributed by atoms with E-state index in [4.69, 9.17) is 0 Å². The smallest absolute Gasteiger partial charge is 0.240 e. The van der Waals surface area contributed by atoms with Crippen molar-refractivity contribution in [2.24, 2.45) is 0 Å². The van der Waals surface area contributed by atoms with E-state index in [2.05, 4.69) is 5.32 Å². The lowest BCUT2D eigenvalue weighted by Crippen LogP contribution is -2.44. The Labute approximate surface area is 145 Å². The average molecular weight is 353 g/mol. The zero-order valence-electron chi connectivity index (χ0n) is 14.6. The fourth-order valence-corrected chi connectivity index (χ4v) is 4.04. The Kier molecular flexibility index (Phi) is 6.66. The molecule has 0 heterocycles. The number of carbonyl (C=O) groups is 1. The Bertz CT molecular complexity index is 650. The first kappa shape index (κ1) is 18.8. The lowest BCUT2D eigenvalue weighted by Gasteiger charge is -2.25. The van der Waals surface area contributed by atoms with Gasteiger partial charge in [0.25, 0.3) is 0 Å². The molecule has 0 aliphatic heterocycles. The van der Waals surface area contributed by atoms with Gasteiger partial charge in [-0.15, -0.1) is 0 Å². The highest BCUT2D eigenvalue weighted by Gasteiger charge is 2.22. The van der Waals surface area contributed by atoms with Crippen molar-refractivity contribution in [2.45, 2.75) is 57.9 Å². The first-order valence-electron chi connectivity index (χ1n) is 8.70. The average Bonchev–Trinajstić information content (AvgIpc) is 2.46. The molecule has 0 unspecified atom stereocenters. The Morgan fingerprint density at radius 1 is 1.17 bits per heavy atom. The highest BCUT2D eigenvalue weighted by molar-refractivity contribution is 7.92. The molecular weight excluding hydrogens is 324 g/mol. The van der Waals surface area contributed by atoms with Crippen molar-refractivity contribution in [3.8, 4) is 0 Å². The molecule has 0 atom stereocenters. The Morgan fingerprint density at radius 2 is 1.79 bits per heavy atom. The van der Waals surface area contributed by atoms with Crippen LogP contribution in [0.1, 0.15) is 50.5 Å². The first-order chi connectivity index (χ1) is 11.4. The molecule has 1 fully saturated rings. The predicted molar refractivity (Wildman–Crippen MR) is 97.6 cm³/mol. The van der Waals surface area contributed by atoms with E-state index in [1.54, 1.807) is 18.2 Å². The maximum absolute atomic E-state index is 12.4. The van der Waals surface area contributed by atoms with Crippen molar-refractivity contribution in [3.05, 3.63) is 29.8 Å². The summed E-state index contributed by atoms with van der Waals surface area (Å²) in [7, 11) is -3.51. The summed E-state index contributed by atoms with van der Waals surface area (Å²) < 4.78 is 25.4. The topological polar surface area (TPSA) is 66.5 Å². The summed E-state index contributed by atoms with van der Waals surface area (Å²) >= 11 is 0. The van der Waals surface area contributed by atoms with Gasteiger partial charge in [-0.2, -0.15) is 0 Å². The minimum absolute atomic E-state index is 0.164. The van der Waals surface area contributed by atoms with E-state index in [9.17, 15) is 13.2 Å². The molecule has 0 spiro atoms. The Hall–Kier alpha value is -1.56. The van der Waals surface area contributed by atoms with Crippen LogP contribution in [0.25, 0.3) is 0 Å². The van der Waals surface area contributed by atoms with Crippen LogP contribution in [0, 0.1) is 6.92 Å². The molecule has 134 valence electrons. The molecule has 0 radical (unpaired) electrons.